The van der Waals surface area contributed by atoms with Crippen molar-refractivity contribution >= 4 is 11.6 Å². The quantitative estimate of drug-likeness (QED) is 0.685. The monoisotopic (exact) mass is 216 g/mol. The maximum atomic E-state index is 8.61. The van der Waals surface area contributed by atoms with Crippen LogP contribution in [0.5, 0.6) is 0 Å². The maximum Gasteiger partial charge on any atom is 0.222 e. The Labute approximate surface area is 91.2 Å². The summed E-state index contributed by atoms with van der Waals surface area (Å²) >= 11 is 5.65. The van der Waals surface area contributed by atoms with Gasteiger partial charge in [-0.1, -0.05) is 0 Å². The standard InChI is InChI=1S/C10H5ClN4/c11-10-13-4-3-9(15-10)8-2-1-7(5-12)6-14-8/h1-4,6H. The van der Waals surface area contributed by atoms with E-state index in [1.807, 2.05) is 6.07 Å². The van der Waals surface area contributed by atoms with Gasteiger partial charge in [0, 0.05) is 12.4 Å². The van der Waals surface area contributed by atoms with Crippen LogP contribution in [-0.2, 0) is 0 Å². The van der Waals surface area contributed by atoms with Gasteiger partial charge in [0.25, 0.3) is 0 Å². The van der Waals surface area contributed by atoms with Gasteiger partial charge in [-0.2, -0.15) is 5.26 Å². The minimum Gasteiger partial charge on any atom is -0.253 e. The molecule has 0 aliphatic rings. The molecule has 15 heavy (non-hydrogen) atoms. The number of hydrogen-bond acceptors (Lipinski definition) is 4. The number of nitrogens with zero attached hydrogens (tertiary/aromatic N) is 4. The van der Waals surface area contributed by atoms with Gasteiger partial charge in [-0.05, 0) is 29.8 Å². The van der Waals surface area contributed by atoms with E-state index >= 15 is 0 Å². The Kier molecular flexibility index (Phi) is 2.57. The third kappa shape index (κ3) is 2.09. The molecule has 0 N–H and O–H groups in total. The van der Waals surface area contributed by atoms with E-state index in [4.69, 9.17) is 16.9 Å². The Balaban J connectivity index is 2.42. The predicted octanol–water partition coefficient (Wildman–Crippen LogP) is 2.06. The normalized spacial score (nSPS) is 9.60. The molecule has 0 bridgehead atoms. The fourth-order valence-corrected chi connectivity index (χ4v) is 1.24. The third-order valence-electron chi connectivity index (χ3n) is 1.78. The van der Waals surface area contributed by atoms with Gasteiger partial charge in [0.2, 0.25) is 5.28 Å². The van der Waals surface area contributed by atoms with E-state index in [0.29, 0.717) is 17.0 Å². The molecule has 4 nitrogen and oxygen atoms in total. The maximum absolute atomic E-state index is 8.61. The lowest BCUT2D eigenvalue weighted by atomic mass is 10.2. The van der Waals surface area contributed by atoms with E-state index in [-0.39, 0.29) is 5.28 Å². The van der Waals surface area contributed by atoms with Crippen molar-refractivity contribution in [3.8, 4) is 17.5 Å². The van der Waals surface area contributed by atoms with Crippen molar-refractivity contribution < 1.29 is 0 Å². The summed E-state index contributed by atoms with van der Waals surface area (Å²) in [6.45, 7) is 0. The van der Waals surface area contributed by atoms with Gasteiger partial charge in [-0.3, -0.25) is 4.98 Å². The van der Waals surface area contributed by atoms with Gasteiger partial charge in [-0.15, -0.1) is 0 Å². The highest BCUT2D eigenvalue weighted by molar-refractivity contribution is 6.28. The van der Waals surface area contributed by atoms with Gasteiger partial charge in [-0.25, -0.2) is 9.97 Å². The van der Waals surface area contributed by atoms with Crippen LogP contribution in [0.25, 0.3) is 11.4 Å². The lowest BCUT2D eigenvalue weighted by molar-refractivity contribution is 1.15. The first-order valence-corrected chi connectivity index (χ1v) is 4.52. The molecule has 2 aromatic rings. The van der Waals surface area contributed by atoms with Crippen molar-refractivity contribution in [1.29, 1.82) is 5.26 Å². The van der Waals surface area contributed by atoms with Crippen LogP contribution in [0.2, 0.25) is 5.28 Å². The second kappa shape index (κ2) is 4.03. The number of hydrogen-bond donors (Lipinski definition) is 0. The molecule has 0 unspecified atom stereocenters. The van der Waals surface area contributed by atoms with Crippen LogP contribution in [-0.4, -0.2) is 15.0 Å². The second-order valence-electron chi connectivity index (χ2n) is 2.75. The molecule has 0 radical (unpaired) electrons. The molecular formula is C10H5ClN4. The third-order valence-corrected chi connectivity index (χ3v) is 1.96. The molecule has 0 aromatic carbocycles. The summed E-state index contributed by atoms with van der Waals surface area (Å²) in [7, 11) is 0. The number of aromatic nitrogens is 3. The van der Waals surface area contributed by atoms with Gasteiger partial charge < -0.3 is 0 Å². The van der Waals surface area contributed by atoms with Crippen LogP contribution < -0.4 is 0 Å². The topological polar surface area (TPSA) is 62.5 Å². The minimum atomic E-state index is 0.179. The molecule has 5 heteroatoms. The van der Waals surface area contributed by atoms with E-state index in [2.05, 4.69) is 15.0 Å². The molecule has 2 rings (SSSR count). The smallest absolute Gasteiger partial charge is 0.222 e. The first kappa shape index (κ1) is 9.56. The first-order valence-electron chi connectivity index (χ1n) is 4.14. The molecule has 0 fully saturated rings. The zero-order valence-electron chi connectivity index (χ0n) is 7.55. The van der Waals surface area contributed by atoms with E-state index in [9.17, 15) is 0 Å². The molecule has 72 valence electrons. The summed E-state index contributed by atoms with van der Waals surface area (Å²) in [6.07, 6.45) is 3.05. The van der Waals surface area contributed by atoms with Gasteiger partial charge in [0.15, 0.2) is 0 Å². The molecule has 2 heterocycles. The van der Waals surface area contributed by atoms with E-state index in [0.717, 1.165) is 0 Å². The van der Waals surface area contributed by atoms with Crippen LogP contribution >= 0.6 is 11.6 Å². The summed E-state index contributed by atoms with van der Waals surface area (Å²) in [5, 5.41) is 8.79. The Morgan fingerprint density at radius 3 is 2.60 bits per heavy atom. The molecule has 0 spiro atoms. The Morgan fingerprint density at radius 2 is 2.00 bits per heavy atom. The van der Waals surface area contributed by atoms with Crippen molar-refractivity contribution in [2.45, 2.75) is 0 Å². The second-order valence-corrected chi connectivity index (χ2v) is 3.09. The average molecular weight is 217 g/mol. The van der Waals surface area contributed by atoms with E-state index in [1.54, 1.807) is 24.4 Å². The van der Waals surface area contributed by atoms with Crippen molar-refractivity contribution in [3.05, 3.63) is 41.4 Å². The molecule has 0 saturated carbocycles. The summed E-state index contributed by atoms with van der Waals surface area (Å²) in [5.74, 6) is 0. The molecule has 0 saturated heterocycles. The number of halogens is 1. The lowest BCUT2D eigenvalue weighted by Gasteiger charge is -1.98. The van der Waals surface area contributed by atoms with Crippen molar-refractivity contribution in [2.24, 2.45) is 0 Å². The molecule has 0 atom stereocenters. The Hall–Kier alpha value is -1.99. The van der Waals surface area contributed by atoms with Crippen LogP contribution in [0.4, 0.5) is 0 Å². The molecule has 0 amide bonds. The van der Waals surface area contributed by atoms with Crippen molar-refractivity contribution in [3.63, 3.8) is 0 Å². The van der Waals surface area contributed by atoms with Crippen molar-refractivity contribution in [2.75, 3.05) is 0 Å². The van der Waals surface area contributed by atoms with Crippen LogP contribution in [0.15, 0.2) is 30.6 Å². The van der Waals surface area contributed by atoms with Crippen LogP contribution in [0, 0.1) is 11.3 Å². The molecular weight excluding hydrogens is 212 g/mol. The summed E-state index contributed by atoms with van der Waals surface area (Å²) < 4.78 is 0. The minimum absolute atomic E-state index is 0.179. The fourth-order valence-electron chi connectivity index (χ4n) is 1.09. The Bertz CT molecular complexity index is 516. The number of rotatable bonds is 1. The van der Waals surface area contributed by atoms with Gasteiger partial charge in [0.1, 0.15) is 6.07 Å². The number of pyridine rings is 1. The lowest BCUT2D eigenvalue weighted by Crippen LogP contribution is -1.89. The highest BCUT2D eigenvalue weighted by atomic mass is 35.5. The largest absolute Gasteiger partial charge is 0.253 e. The highest BCUT2D eigenvalue weighted by Crippen LogP contribution is 2.14. The predicted molar refractivity (Wildman–Crippen MR) is 55.0 cm³/mol. The first-order chi connectivity index (χ1) is 7.29. The SMILES string of the molecule is N#Cc1ccc(-c2ccnc(Cl)n2)nc1. The highest BCUT2D eigenvalue weighted by Gasteiger charge is 2.01. The van der Waals surface area contributed by atoms with Gasteiger partial charge >= 0.3 is 0 Å². The zero-order valence-corrected chi connectivity index (χ0v) is 8.31. The van der Waals surface area contributed by atoms with Crippen LogP contribution in [0.3, 0.4) is 0 Å². The van der Waals surface area contributed by atoms with Gasteiger partial charge in [0.05, 0.1) is 17.0 Å². The summed E-state index contributed by atoms with van der Waals surface area (Å²) in [6, 6.07) is 7.10. The molecule has 0 aliphatic carbocycles. The molecule has 0 aliphatic heterocycles. The van der Waals surface area contributed by atoms with E-state index < -0.39 is 0 Å². The zero-order chi connectivity index (χ0) is 10.7. The van der Waals surface area contributed by atoms with Crippen LogP contribution in [0.1, 0.15) is 5.56 Å². The summed E-state index contributed by atoms with van der Waals surface area (Å²) in [4.78, 5) is 11.9. The summed E-state index contributed by atoms with van der Waals surface area (Å²) in [5.41, 5.74) is 1.82. The van der Waals surface area contributed by atoms with E-state index in [1.165, 1.54) is 6.20 Å². The Morgan fingerprint density at radius 1 is 1.13 bits per heavy atom. The number of nitriles is 1. The van der Waals surface area contributed by atoms with Crippen molar-refractivity contribution in [1.82, 2.24) is 15.0 Å². The average Bonchev–Trinajstić information content (AvgIpc) is 2.29. The fraction of sp³-hybridized carbons (Fsp3) is 0. The molecule has 2 aromatic heterocycles.